The van der Waals surface area contributed by atoms with Gasteiger partial charge in [0.25, 0.3) is 0 Å². The summed E-state index contributed by atoms with van der Waals surface area (Å²) in [6.07, 6.45) is 2.95. The summed E-state index contributed by atoms with van der Waals surface area (Å²) < 4.78 is 28.1. The fourth-order valence-corrected chi connectivity index (χ4v) is 3.58. The van der Waals surface area contributed by atoms with Crippen LogP contribution in [0.4, 0.5) is 14.5 Å². The van der Waals surface area contributed by atoms with Gasteiger partial charge in [0, 0.05) is 19.1 Å². The van der Waals surface area contributed by atoms with Gasteiger partial charge in [-0.2, -0.15) is 5.26 Å². The molecule has 0 radical (unpaired) electrons. The Balaban J connectivity index is 1.86. The van der Waals surface area contributed by atoms with Crippen LogP contribution in [0.1, 0.15) is 24.8 Å². The first-order valence-electron chi connectivity index (χ1n) is 6.98. The molecule has 3 rings (SSSR count). The van der Waals surface area contributed by atoms with Gasteiger partial charge in [0.05, 0.1) is 11.6 Å². The van der Waals surface area contributed by atoms with Crippen LogP contribution in [-0.4, -0.2) is 19.1 Å². The Morgan fingerprint density at radius 3 is 2.45 bits per heavy atom. The number of fused-ring (bicyclic) bond motifs is 1. The molecule has 2 aliphatic rings. The van der Waals surface area contributed by atoms with E-state index in [1.807, 2.05) is 0 Å². The Morgan fingerprint density at radius 2 is 1.80 bits per heavy atom. The predicted molar refractivity (Wildman–Crippen MR) is 72.1 cm³/mol. The van der Waals surface area contributed by atoms with E-state index in [4.69, 9.17) is 11.0 Å². The van der Waals surface area contributed by atoms with E-state index >= 15 is 0 Å². The molecule has 1 unspecified atom stereocenters. The second-order valence-corrected chi connectivity index (χ2v) is 5.90. The first kappa shape index (κ1) is 13.3. The van der Waals surface area contributed by atoms with Crippen molar-refractivity contribution >= 4 is 5.69 Å². The summed E-state index contributed by atoms with van der Waals surface area (Å²) in [7, 11) is 0. The van der Waals surface area contributed by atoms with Gasteiger partial charge in [0.1, 0.15) is 5.69 Å². The standard InChI is InChI=1S/C15H17F2N3/c16-13-3-9(6-18)4-14(17)15(13)20-7-10-1-2-12(19)5-11(10)8-20/h3-4,10-12H,1-2,5,7-8,19H2/t10-,11+,12?/m1/s1. The first-order valence-corrected chi connectivity index (χ1v) is 6.98. The lowest BCUT2D eigenvalue weighted by atomic mass is 9.79. The normalized spacial score (nSPS) is 29.1. The van der Waals surface area contributed by atoms with Gasteiger partial charge in [0.2, 0.25) is 0 Å². The van der Waals surface area contributed by atoms with Crippen molar-refractivity contribution in [3.05, 3.63) is 29.3 Å². The third-order valence-electron chi connectivity index (χ3n) is 4.55. The monoisotopic (exact) mass is 277 g/mol. The number of rotatable bonds is 1. The summed E-state index contributed by atoms with van der Waals surface area (Å²) in [5.74, 6) is -0.397. The van der Waals surface area contributed by atoms with Crippen molar-refractivity contribution in [1.82, 2.24) is 0 Å². The van der Waals surface area contributed by atoms with Gasteiger partial charge >= 0.3 is 0 Å². The Hall–Kier alpha value is -1.67. The Kier molecular flexibility index (Phi) is 3.35. The van der Waals surface area contributed by atoms with Gasteiger partial charge in [-0.25, -0.2) is 8.78 Å². The fraction of sp³-hybridized carbons (Fsp3) is 0.533. The number of nitrogens with zero attached hydrogens (tertiary/aromatic N) is 2. The van der Waals surface area contributed by atoms with E-state index in [2.05, 4.69) is 0 Å². The lowest BCUT2D eigenvalue weighted by Crippen LogP contribution is -2.32. The molecule has 3 nitrogen and oxygen atoms in total. The molecule has 1 aliphatic heterocycles. The number of anilines is 1. The minimum atomic E-state index is -0.649. The third kappa shape index (κ3) is 2.25. The molecule has 0 bridgehead atoms. The van der Waals surface area contributed by atoms with Crippen molar-refractivity contribution in [3.8, 4) is 6.07 Å². The van der Waals surface area contributed by atoms with Crippen LogP contribution in [-0.2, 0) is 0 Å². The highest BCUT2D eigenvalue weighted by Crippen LogP contribution is 2.39. The molecule has 106 valence electrons. The topological polar surface area (TPSA) is 53.0 Å². The molecule has 0 spiro atoms. The van der Waals surface area contributed by atoms with Crippen LogP contribution >= 0.6 is 0 Å². The lowest BCUT2D eigenvalue weighted by Gasteiger charge is -2.27. The molecule has 2 fully saturated rings. The maximum atomic E-state index is 14.0. The molecular weight excluding hydrogens is 260 g/mol. The summed E-state index contributed by atoms with van der Waals surface area (Å²) in [4.78, 5) is 1.78. The Labute approximate surface area is 117 Å². The molecule has 0 aromatic heterocycles. The number of hydrogen-bond donors (Lipinski definition) is 1. The Bertz CT molecular complexity index is 544. The van der Waals surface area contributed by atoms with Crippen LogP contribution in [0.15, 0.2) is 12.1 Å². The van der Waals surface area contributed by atoms with Crippen LogP contribution in [0.25, 0.3) is 0 Å². The lowest BCUT2D eigenvalue weighted by molar-refractivity contribution is 0.271. The highest BCUT2D eigenvalue weighted by Gasteiger charge is 2.38. The molecule has 2 N–H and O–H groups in total. The van der Waals surface area contributed by atoms with Crippen LogP contribution < -0.4 is 10.6 Å². The van der Waals surface area contributed by atoms with Crippen LogP contribution in [0.3, 0.4) is 0 Å². The average molecular weight is 277 g/mol. The van der Waals surface area contributed by atoms with Gasteiger partial charge in [-0.05, 0) is 43.2 Å². The van der Waals surface area contributed by atoms with E-state index in [-0.39, 0.29) is 17.3 Å². The quantitative estimate of drug-likeness (QED) is 0.857. The van der Waals surface area contributed by atoms with Gasteiger partial charge in [-0.15, -0.1) is 0 Å². The van der Waals surface area contributed by atoms with E-state index in [0.717, 1.165) is 31.4 Å². The van der Waals surface area contributed by atoms with Gasteiger partial charge in [-0.1, -0.05) is 0 Å². The van der Waals surface area contributed by atoms with E-state index in [0.29, 0.717) is 24.9 Å². The van der Waals surface area contributed by atoms with Crippen molar-refractivity contribution in [2.24, 2.45) is 17.6 Å². The predicted octanol–water partition coefficient (Wildman–Crippen LogP) is 2.40. The fourth-order valence-electron chi connectivity index (χ4n) is 3.58. The van der Waals surface area contributed by atoms with Crippen LogP contribution in [0.2, 0.25) is 0 Å². The smallest absolute Gasteiger partial charge is 0.150 e. The van der Waals surface area contributed by atoms with Crippen molar-refractivity contribution in [3.63, 3.8) is 0 Å². The molecular formula is C15H17F2N3. The van der Waals surface area contributed by atoms with Gasteiger partial charge in [-0.3, -0.25) is 0 Å². The molecule has 20 heavy (non-hydrogen) atoms. The first-order chi connectivity index (χ1) is 9.58. The van der Waals surface area contributed by atoms with E-state index in [9.17, 15) is 8.78 Å². The molecule has 3 atom stereocenters. The SMILES string of the molecule is N#Cc1cc(F)c(N2C[C@H]3CCC(N)C[C@H]3C2)c(F)c1. The van der Waals surface area contributed by atoms with Gasteiger partial charge < -0.3 is 10.6 Å². The summed E-state index contributed by atoms with van der Waals surface area (Å²) in [6.45, 7) is 1.33. The number of halogens is 2. The maximum absolute atomic E-state index is 14.0. The Morgan fingerprint density at radius 1 is 1.15 bits per heavy atom. The third-order valence-corrected chi connectivity index (χ3v) is 4.55. The second-order valence-electron chi connectivity index (χ2n) is 5.90. The highest BCUT2D eigenvalue weighted by molar-refractivity contribution is 5.53. The zero-order valence-electron chi connectivity index (χ0n) is 11.1. The molecule has 5 heteroatoms. The zero-order chi connectivity index (χ0) is 14.3. The molecule has 1 aromatic carbocycles. The van der Waals surface area contributed by atoms with Crippen molar-refractivity contribution in [2.75, 3.05) is 18.0 Å². The molecule has 1 saturated carbocycles. The van der Waals surface area contributed by atoms with Crippen LogP contribution in [0.5, 0.6) is 0 Å². The molecule has 1 aromatic rings. The van der Waals surface area contributed by atoms with E-state index in [1.54, 1.807) is 11.0 Å². The van der Waals surface area contributed by atoms with Crippen molar-refractivity contribution in [2.45, 2.75) is 25.3 Å². The second kappa shape index (κ2) is 5.02. The molecule has 0 amide bonds. The minimum Gasteiger partial charge on any atom is -0.366 e. The summed E-state index contributed by atoms with van der Waals surface area (Å²) in [6, 6.07) is 4.19. The summed E-state index contributed by atoms with van der Waals surface area (Å²) in [5.41, 5.74) is 5.99. The number of benzene rings is 1. The maximum Gasteiger partial charge on any atom is 0.150 e. The van der Waals surface area contributed by atoms with Crippen LogP contribution in [0, 0.1) is 34.8 Å². The van der Waals surface area contributed by atoms with Crippen molar-refractivity contribution in [1.29, 1.82) is 5.26 Å². The average Bonchev–Trinajstić information content (AvgIpc) is 2.80. The zero-order valence-corrected chi connectivity index (χ0v) is 11.1. The largest absolute Gasteiger partial charge is 0.366 e. The van der Waals surface area contributed by atoms with E-state index < -0.39 is 11.6 Å². The van der Waals surface area contributed by atoms with E-state index in [1.165, 1.54) is 0 Å². The number of nitriles is 1. The minimum absolute atomic E-state index is 0.00646. The molecule has 1 heterocycles. The number of hydrogen-bond acceptors (Lipinski definition) is 3. The van der Waals surface area contributed by atoms with Crippen molar-refractivity contribution < 1.29 is 8.78 Å². The molecule has 1 saturated heterocycles. The summed E-state index contributed by atoms with van der Waals surface area (Å²) in [5, 5.41) is 8.73. The molecule has 1 aliphatic carbocycles. The number of nitrogens with two attached hydrogens (primary N) is 1. The summed E-state index contributed by atoms with van der Waals surface area (Å²) >= 11 is 0. The highest BCUT2D eigenvalue weighted by atomic mass is 19.1. The van der Waals surface area contributed by atoms with Gasteiger partial charge in [0.15, 0.2) is 11.6 Å².